The molecule has 0 radical (unpaired) electrons. The number of halogens is 1. The van der Waals surface area contributed by atoms with Crippen molar-refractivity contribution < 1.29 is 4.74 Å². The van der Waals surface area contributed by atoms with Gasteiger partial charge in [-0.2, -0.15) is 0 Å². The number of aryl methyl sites for hydroxylation is 2. The van der Waals surface area contributed by atoms with Crippen LogP contribution in [0.25, 0.3) is 0 Å². The van der Waals surface area contributed by atoms with Crippen LogP contribution in [0.15, 0.2) is 23.2 Å². The van der Waals surface area contributed by atoms with Crippen LogP contribution in [0.3, 0.4) is 0 Å². The van der Waals surface area contributed by atoms with Crippen molar-refractivity contribution in [3.63, 3.8) is 0 Å². The number of aromatic nitrogens is 3. The van der Waals surface area contributed by atoms with E-state index in [1.165, 1.54) is 5.56 Å². The van der Waals surface area contributed by atoms with Crippen molar-refractivity contribution in [2.75, 3.05) is 20.2 Å². The van der Waals surface area contributed by atoms with Crippen LogP contribution in [-0.2, 0) is 20.0 Å². The second-order valence-corrected chi connectivity index (χ2v) is 6.65. The third-order valence-corrected chi connectivity index (χ3v) is 4.56. The minimum absolute atomic E-state index is 0. The van der Waals surface area contributed by atoms with E-state index in [4.69, 9.17) is 4.74 Å². The van der Waals surface area contributed by atoms with Crippen LogP contribution in [0, 0.1) is 13.8 Å². The summed E-state index contributed by atoms with van der Waals surface area (Å²) in [7, 11) is 3.67. The monoisotopic (exact) mass is 500 g/mol. The Bertz CT molecular complexity index is 759. The number of ether oxygens (including phenoxy) is 1. The average molecular weight is 500 g/mol. The quantitative estimate of drug-likeness (QED) is 0.240. The smallest absolute Gasteiger partial charge is 0.191 e. The molecule has 1 heterocycles. The fourth-order valence-corrected chi connectivity index (χ4v) is 2.64. The van der Waals surface area contributed by atoms with Gasteiger partial charge in [0, 0.05) is 20.1 Å². The Morgan fingerprint density at radius 2 is 1.93 bits per heavy atom. The molecule has 156 valence electrons. The summed E-state index contributed by atoms with van der Waals surface area (Å²) in [5.74, 6) is 3.48. The number of rotatable bonds is 9. The van der Waals surface area contributed by atoms with Gasteiger partial charge in [-0.15, -0.1) is 34.2 Å². The number of nitrogens with one attached hydrogen (secondary N) is 2. The average Bonchev–Trinajstić information content (AvgIpc) is 2.99. The minimum Gasteiger partial charge on any atom is -0.496 e. The van der Waals surface area contributed by atoms with E-state index >= 15 is 0 Å². The number of hydrogen-bond donors (Lipinski definition) is 2. The molecule has 2 N–H and O–H groups in total. The number of hydrogen-bond acceptors (Lipinski definition) is 4. The molecule has 0 saturated carbocycles. The van der Waals surface area contributed by atoms with E-state index in [0.29, 0.717) is 6.54 Å². The molecular weight excluding hydrogens is 467 g/mol. The van der Waals surface area contributed by atoms with Crippen molar-refractivity contribution in [2.24, 2.45) is 12.0 Å². The van der Waals surface area contributed by atoms with Crippen LogP contribution >= 0.6 is 24.0 Å². The summed E-state index contributed by atoms with van der Waals surface area (Å²) in [5.41, 5.74) is 2.39. The molecule has 0 unspecified atom stereocenters. The minimum atomic E-state index is 0. The summed E-state index contributed by atoms with van der Waals surface area (Å²) in [5, 5.41) is 15.1. The number of benzene rings is 1. The number of methoxy groups -OCH3 is 1. The molecule has 0 spiro atoms. The zero-order chi connectivity index (χ0) is 19.6. The highest BCUT2D eigenvalue weighted by molar-refractivity contribution is 14.0. The second-order valence-electron chi connectivity index (χ2n) is 6.65. The third kappa shape index (κ3) is 7.29. The lowest BCUT2D eigenvalue weighted by Gasteiger charge is -2.13. The summed E-state index contributed by atoms with van der Waals surface area (Å²) in [4.78, 5) is 4.67. The van der Waals surface area contributed by atoms with Gasteiger partial charge in [-0.05, 0) is 43.9 Å². The number of aliphatic imine (C=N–C) groups is 1. The Hall–Kier alpha value is -1.84. The van der Waals surface area contributed by atoms with Gasteiger partial charge in [0.05, 0.1) is 7.11 Å². The largest absolute Gasteiger partial charge is 0.496 e. The number of unbranched alkanes of at least 4 members (excludes halogenated alkanes) is 1. The Kier molecular flexibility index (Phi) is 10.9. The second kappa shape index (κ2) is 12.6. The predicted molar refractivity (Wildman–Crippen MR) is 125 cm³/mol. The van der Waals surface area contributed by atoms with Crippen LogP contribution in [-0.4, -0.2) is 40.9 Å². The van der Waals surface area contributed by atoms with Gasteiger partial charge >= 0.3 is 0 Å². The fourth-order valence-electron chi connectivity index (χ4n) is 2.64. The van der Waals surface area contributed by atoms with Crippen molar-refractivity contribution in [1.29, 1.82) is 0 Å². The van der Waals surface area contributed by atoms with Gasteiger partial charge in [0.25, 0.3) is 0 Å². The molecule has 28 heavy (non-hydrogen) atoms. The highest BCUT2D eigenvalue weighted by Gasteiger charge is 2.06. The molecule has 0 aliphatic heterocycles. The third-order valence-electron chi connectivity index (χ3n) is 4.56. The van der Waals surface area contributed by atoms with Gasteiger partial charge in [0.1, 0.15) is 18.1 Å². The van der Waals surface area contributed by atoms with E-state index in [9.17, 15) is 0 Å². The first-order valence-corrected chi connectivity index (χ1v) is 9.55. The first-order chi connectivity index (χ1) is 13.0. The molecule has 7 nitrogen and oxygen atoms in total. The molecule has 0 atom stereocenters. The molecule has 8 heteroatoms. The van der Waals surface area contributed by atoms with E-state index in [0.717, 1.165) is 61.3 Å². The van der Waals surface area contributed by atoms with Crippen LogP contribution < -0.4 is 15.4 Å². The van der Waals surface area contributed by atoms with E-state index < -0.39 is 0 Å². The standard InChI is InChI=1S/C20H32N6O.HI/c1-6-7-11-21-20(23-14-19-25-24-16(3)26(19)4)22-12-10-17-9-8-15(2)18(13-17)27-5;/h8-9,13H,6-7,10-12,14H2,1-5H3,(H2,21,22,23);1H. The molecular formula is C20H33IN6O. The highest BCUT2D eigenvalue weighted by atomic mass is 127. The van der Waals surface area contributed by atoms with E-state index in [-0.39, 0.29) is 24.0 Å². The molecule has 1 aromatic carbocycles. The Morgan fingerprint density at radius 1 is 1.18 bits per heavy atom. The van der Waals surface area contributed by atoms with Crippen molar-refractivity contribution in [1.82, 2.24) is 25.4 Å². The van der Waals surface area contributed by atoms with Crippen molar-refractivity contribution in [2.45, 2.75) is 46.6 Å². The van der Waals surface area contributed by atoms with Crippen LogP contribution in [0.1, 0.15) is 42.5 Å². The summed E-state index contributed by atoms with van der Waals surface area (Å²) in [6, 6.07) is 6.34. The first-order valence-electron chi connectivity index (χ1n) is 9.55. The summed E-state index contributed by atoms with van der Waals surface area (Å²) < 4.78 is 7.37. The predicted octanol–water partition coefficient (Wildman–Crippen LogP) is 3.14. The lowest BCUT2D eigenvalue weighted by molar-refractivity contribution is 0.411. The fraction of sp³-hybridized carbons (Fsp3) is 0.550. The van der Waals surface area contributed by atoms with Crippen molar-refractivity contribution in [3.05, 3.63) is 41.0 Å². The number of nitrogens with zero attached hydrogens (tertiary/aromatic N) is 4. The molecule has 2 aromatic rings. The molecule has 1 aromatic heterocycles. The first kappa shape index (κ1) is 24.2. The maximum Gasteiger partial charge on any atom is 0.191 e. The van der Waals surface area contributed by atoms with Gasteiger partial charge < -0.3 is 19.9 Å². The summed E-state index contributed by atoms with van der Waals surface area (Å²) in [6.45, 7) is 8.36. The van der Waals surface area contributed by atoms with Gasteiger partial charge in [0.2, 0.25) is 0 Å². The Balaban J connectivity index is 0.00000392. The van der Waals surface area contributed by atoms with Gasteiger partial charge in [-0.1, -0.05) is 25.5 Å². The Morgan fingerprint density at radius 3 is 2.57 bits per heavy atom. The summed E-state index contributed by atoms with van der Waals surface area (Å²) in [6.07, 6.45) is 3.15. The SMILES string of the molecule is CCCCNC(=NCc1nnc(C)n1C)NCCc1ccc(C)c(OC)c1.I. The lowest BCUT2D eigenvalue weighted by atomic mass is 10.1. The molecule has 0 saturated heterocycles. The molecule has 0 fully saturated rings. The van der Waals surface area contributed by atoms with Gasteiger partial charge in [0.15, 0.2) is 11.8 Å². The molecule has 0 bridgehead atoms. The zero-order valence-electron chi connectivity index (χ0n) is 17.6. The molecule has 0 aliphatic rings. The van der Waals surface area contributed by atoms with Crippen molar-refractivity contribution in [3.8, 4) is 5.75 Å². The highest BCUT2D eigenvalue weighted by Crippen LogP contribution is 2.18. The van der Waals surface area contributed by atoms with E-state index in [2.05, 4.69) is 57.9 Å². The molecule has 0 amide bonds. The lowest BCUT2D eigenvalue weighted by Crippen LogP contribution is -2.39. The normalized spacial score (nSPS) is 11.1. The maximum absolute atomic E-state index is 5.41. The number of guanidine groups is 1. The van der Waals surface area contributed by atoms with Crippen molar-refractivity contribution >= 4 is 29.9 Å². The van der Waals surface area contributed by atoms with Gasteiger partial charge in [-0.25, -0.2) is 4.99 Å². The van der Waals surface area contributed by atoms with Crippen LogP contribution in [0.5, 0.6) is 5.75 Å². The molecule has 2 rings (SSSR count). The van der Waals surface area contributed by atoms with Crippen LogP contribution in [0.2, 0.25) is 0 Å². The van der Waals surface area contributed by atoms with E-state index in [1.54, 1.807) is 7.11 Å². The zero-order valence-corrected chi connectivity index (χ0v) is 19.9. The van der Waals surface area contributed by atoms with E-state index in [1.807, 2.05) is 18.5 Å². The maximum atomic E-state index is 5.41. The topological polar surface area (TPSA) is 76.4 Å². The van der Waals surface area contributed by atoms with Crippen LogP contribution in [0.4, 0.5) is 0 Å². The van der Waals surface area contributed by atoms with Gasteiger partial charge in [-0.3, -0.25) is 0 Å². The molecule has 0 aliphatic carbocycles. The Labute approximate surface area is 185 Å². The summed E-state index contributed by atoms with van der Waals surface area (Å²) >= 11 is 0.